The number of piperidine rings is 1. The van der Waals surface area contributed by atoms with Gasteiger partial charge in [-0.2, -0.15) is 0 Å². The van der Waals surface area contributed by atoms with Crippen LogP contribution in [0.15, 0.2) is 0 Å². The number of carbonyl (C=O) groups is 2. The van der Waals surface area contributed by atoms with Crippen LogP contribution in [0.25, 0.3) is 0 Å². The van der Waals surface area contributed by atoms with E-state index in [1.54, 1.807) is 0 Å². The van der Waals surface area contributed by atoms with Crippen LogP contribution in [0.3, 0.4) is 0 Å². The number of nitrogens with one attached hydrogen (secondary N) is 2. The Labute approximate surface area is 107 Å². The summed E-state index contributed by atoms with van der Waals surface area (Å²) in [6.45, 7) is 1.80. The lowest BCUT2D eigenvalue weighted by Gasteiger charge is -2.27. The highest BCUT2D eigenvalue weighted by atomic mass is 16.4. The third kappa shape index (κ3) is 3.60. The van der Waals surface area contributed by atoms with E-state index in [-0.39, 0.29) is 18.0 Å². The second kappa shape index (κ2) is 6.04. The van der Waals surface area contributed by atoms with E-state index < -0.39 is 5.97 Å². The van der Waals surface area contributed by atoms with Crippen LogP contribution in [0.4, 0.5) is 4.79 Å². The van der Waals surface area contributed by atoms with Crippen molar-refractivity contribution in [3.63, 3.8) is 0 Å². The second-order valence-corrected chi connectivity index (χ2v) is 5.18. The van der Waals surface area contributed by atoms with Crippen LogP contribution in [0.5, 0.6) is 0 Å². The molecule has 2 aliphatic rings. The molecule has 2 fully saturated rings. The molecule has 1 aliphatic carbocycles. The molecule has 0 spiro atoms. The van der Waals surface area contributed by atoms with E-state index in [1.165, 1.54) is 6.42 Å². The minimum Gasteiger partial charge on any atom is -0.481 e. The number of amides is 2. The quantitative estimate of drug-likeness (QED) is 0.701. The summed E-state index contributed by atoms with van der Waals surface area (Å²) in [6, 6.07) is -0.205. The maximum atomic E-state index is 11.7. The fourth-order valence-electron chi connectivity index (χ4n) is 2.70. The van der Waals surface area contributed by atoms with Crippen LogP contribution in [0.1, 0.15) is 38.5 Å². The van der Waals surface area contributed by atoms with E-state index in [1.807, 2.05) is 5.01 Å². The molecule has 2 amide bonds. The van der Waals surface area contributed by atoms with Gasteiger partial charge in [-0.3, -0.25) is 10.2 Å². The van der Waals surface area contributed by atoms with Gasteiger partial charge in [0, 0.05) is 19.1 Å². The Morgan fingerprint density at radius 2 is 1.83 bits per heavy atom. The van der Waals surface area contributed by atoms with Gasteiger partial charge in [-0.05, 0) is 32.1 Å². The molecule has 6 nitrogen and oxygen atoms in total. The molecule has 0 bridgehead atoms. The van der Waals surface area contributed by atoms with Crippen molar-refractivity contribution in [3.05, 3.63) is 0 Å². The van der Waals surface area contributed by atoms with Gasteiger partial charge in [-0.15, -0.1) is 0 Å². The Hall–Kier alpha value is -1.30. The SMILES string of the molecule is O=C(N[C@H]1CC[C@@H](C(=O)O)C1)NN1CCCCC1. The highest BCUT2D eigenvalue weighted by Crippen LogP contribution is 2.25. The Balaban J connectivity index is 1.69. The molecule has 1 saturated carbocycles. The van der Waals surface area contributed by atoms with Gasteiger partial charge >= 0.3 is 12.0 Å². The first kappa shape index (κ1) is 13.1. The smallest absolute Gasteiger partial charge is 0.329 e. The summed E-state index contributed by atoms with van der Waals surface area (Å²) in [5.41, 5.74) is 2.83. The standard InChI is InChI=1S/C12H21N3O3/c16-11(17)9-4-5-10(8-9)13-12(18)14-15-6-2-1-3-7-15/h9-10H,1-8H2,(H,16,17)(H2,13,14,18)/t9-,10+/m1/s1. The third-order valence-corrected chi connectivity index (χ3v) is 3.73. The van der Waals surface area contributed by atoms with Crippen molar-refractivity contribution >= 4 is 12.0 Å². The summed E-state index contributed by atoms with van der Waals surface area (Å²) in [7, 11) is 0. The number of carboxylic acid groups (broad SMARTS) is 1. The average molecular weight is 255 g/mol. The third-order valence-electron chi connectivity index (χ3n) is 3.73. The molecule has 0 aromatic carbocycles. The number of aliphatic carboxylic acids is 1. The van der Waals surface area contributed by atoms with Gasteiger partial charge in [0.05, 0.1) is 5.92 Å². The van der Waals surface area contributed by atoms with Gasteiger partial charge in [0.15, 0.2) is 0 Å². The Morgan fingerprint density at radius 3 is 2.44 bits per heavy atom. The summed E-state index contributed by atoms with van der Waals surface area (Å²) in [4.78, 5) is 22.5. The Bertz CT molecular complexity index is 316. The summed E-state index contributed by atoms with van der Waals surface area (Å²) >= 11 is 0. The molecule has 2 atom stereocenters. The van der Waals surface area contributed by atoms with Crippen LogP contribution in [-0.4, -0.2) is 41.2 Å². The lowest BCUT2D eigenvalue weighted by atomic mass is 10.1. The second-order valence-electron chi connectivity index (χ2n) is 5.18. The first-order chi connectivity index (χ1) is 8.65. The minimum atomic E-state index is -0.754. The van der Waals surface area contributed by atoms with Gasteiger partial charge in [0.1, 0.15) is 0 Å². The fourth-order valence-corrected chi connectivity index (χ4v) is 2.70. The van der Waals surface area contributed by atoms with Crippen molar-refractivity contribution in [3.8, 4) is 0 Å². The van der Waals surface area contributed by atoms with E-state index in [4.69, 9.17) is 5.11 Å². The van der Waals surface area contributed by atoms with E-state index in [0.29, 0.717) is 12.8 Å². The average Bonchev–Trinajstić information content (AvgIpc) is 2.78. The minimum absolute atomic E-state index is 0.00381. The zero-order chi connectivity index (χ0) is 13.0. The molecule has 0 radical (unpaired) electrons. The van der Waals surface area contributed by atoms with Gasteiger partial charge in [-0.25, -0.2) is 9.80 Å². The Kier molecular flexibility index (Phi) is 4.41. The Morgan fingerprint density at radius 1 is 1.11 bits per heavy atom. The molecule has 1 aliphatic heterocycles. The maximum Gasteiger partial charge on any atom is 0.329 e. The van der Waals surface area contributed by atoms with Gasteiger partial charge in [0.2, 0.25) is 0 Å². The first-order valence-electron chi connectivity index (χ1n) is 6.70. The predicted octanol–water partition coefficient (Wildman–Crippen LogP) is 0.940. The number of carbonyl (C=O) groups excluding carboxylic acids is 1. The maximum absolute atomic E-state index is 11.7. The highest BCUT2D eigenvalue weighted by molar-refractivity contribution is 5.74. The van der Waals surface area contributed by atoms with Crippen LogP contribution in [0, 0.1) is 5.92 Å². The molecule has 0 aromatic heterocycles. The van der Waals surface area contributed by atoms with Gasteiger partial charge in [0.25, 0.3) is 0 Å². The van der Waals surface area contributed by atoms with Crippen molar-refractivity contribution in [2.75, 3.05) is 13.1 Å². The molecule has 0 unspecified atom stereocenters. The molecule has 6 heteroatoms. The fraction of sp³-hybridized carbons (Fsp3) is 0.833. The molecule has 102 valence electrons. The zero-order valence-electron chi connectivity index (χ0n) is 10.5. The van der Waals surface area contributed by atoms with Crippen molar-refractivity contribution in [2.24, 2.45) is 5.92 Å². The molecule has 2 rings (SSSR count). The van der Waals surface area contributed by atoms with E-state index in [2.05, 4.69) is 10.7 Å². The summed E-state index contributed by atoms with van der Waals surface area (Å²) in [5.74, 6) is -1.05. The number of hydrogen-bond acceptors (Lipinski definition) is 3. The largest absolute Gasteiger partial charge is 0.481 e. The van der Waals surface area contributed by atoms with Crippen LogP contribution in [0.2, 0.25) is 0 Å². The molecule has 1 heterocycles. The monoisotopic (exact) mass is 255 g/mol. The summed E-state index contributed by atoms with van der Waals surface area (Å²) < 4.78 is 0. The van der Waals surface area contributed by atoms with Crippen molar-refractivity contribution in [1.82, 2.24) is 15.8 Å². The van der Waals surface area contributed by atoms with Crippen LogP contribution in [-0.2, 0) is 4.79 Å². The molecule has 0 aromatic rings. The number of nitrogens with zero attached hydrogens (tertiary/aromatic N) is 1. The normalized spacial score (nSPS) is 28.9. The van der Waals surface area contributed by atoms with E-state index in [9.17, 15) is 9.59 Å². The number of urea groups is 1. The number of hydrazine groups is 1. The molecule has 18 heavy (non-hydrogen) atoms. The number of carboxylic acids is 1. The van der Waals surface area contributed by atoms with Crippen LogP contribution < -0.4 is 10.7 Å². The van der Waals surface area contributed by atoms with Gasteiger partial charge < -0.3 is 10.4 Å². The lowest BCUT2D eigenvalue weighted by Crippen LogP contribution is -2.51. The van der Waals surface area contributed by atoms with Crippen LogP contribution >= 0.6 is 0 Å². The summed E-state index contributed by atoms with van der Waals surface area (Å²) in [5, 5.41) is 13.7. The first-order valence-corrected chi connectivity index (χ1v) is 6.70. The zero-order valence-corrected chi connectivity index (χ0v) is 10.5. The molecular formula is C12H21N3O3. The topological polar surface area (TPSA) is 81.7 Å². The van der Waals surface area contributed by atoms with E-state index >= 15 is 0 Å². The van der Waals surface area contributed by atoms with E-state index in [0.717, 1.165) is 32.4 Å². The highest BCUT2D eigenvalue weighted by Gasteiger charge is 2.30. The van der Waals surface area contributed by atoms with Crippen molar-refractivity contribution in [1.29, 1.82) is 0 Å². The number of hydrogen-bond donors (Lipinski definition) is 3. The lowest BCUT2D eigenvalue weighted by molar-refractivity contribution is -0.141. The molecule has 1 saturated heterocycles. The van der Waals surface area contributed by atoms with Crippen molar-refractivity contribution in [2.45, 2.75) is 44.6 Å². The van der Waals surface area contributed by atoms with Gasteiger partial charge in [-0.1, -0.05) is 6.42 Å². The predicted molar refractivity (Wildman–Crippen MR) is 65.9 cm³/mol. The molecular weight excluding hydrogens is 234 g/mol. The summed E-state index contributed by atoms with van der Waals surface area (Å²) in [6.07, 6.45) is 5.41. The molecule has 3 N–H and O–H groups in total. The number of rotatable bonds is 3. The van der Waals surface area contributed by atoms with Crippen molar-refractivity contribution < 1.29 is 14.7 Å².